The van der Waals surface area contributed by atoms with Gasteiger partial charge in [-0.25, -0.2) is 17.5 Å². The number of nitrogens with zero attached hydrogens (tertiary/aromatic N) is 4. The monoisotopic (exact) mass is 450 g/mol. The zero-order valence-electron chi connectivity index (χ0n) is 18.3. The lowest BCUT2D eigenvalue weighted by atomic mass is 9.69. The van der Waals surface area contributed by atoms with Crippen LogP contribution in [0.1, 0.15) is 52.4 Å². The van der Waals surface area contributed by atoms with Gasteiger partial charge in [0.1, 0.15) is 0 Å². The van der Waals surface area contributed by atoms with Crippen LogP contribution in [-0.4, -0.2) is 83.7 Å². The van der Waals surface area contributed by atoms with Gasteiger partial charge in [0, 0.05) is 25.4 Å². The molecular weight excluding hydrogens is 420 g/mol. The number of hydrogen-bond acceptors (Lipinski definition) is 6. The number of sulfonamides is 1. The van der Waals surface area contributed by atoms with E-state index in [1.165, 1.54) is 4.31 Å². The number of carbonyl (C=O) groups is 2. The predicted molar refractivity (Wildman–Crippen MR) is 112 cm³/mol. The average Bonchev–Trinajstić information content (AvgIpc) is 3.45. The van der Waals surface area contributed by atoms with Gasteiger partial charge in [0.25, 0.3) is 5.91 Å². The molecule has 31 heavy (non-hydrogen) atoms. The van der Waals surface area contributed by atoms with Crippen LogP contribution >= 0.6 is 0 Å². The molecule has 5 fully saturated rings. The number of oxime groups is 1. The Labute approximate surface area is 182 Å². The number of carbonyl (C=O) groups excluding carboxylic acids is 2. The summed E-state index contributed by atoms with van der Waals surface area (Å²) in [7, 11) is -1.86. The molecule has 1 spiro atoms. The van der Waals surface area contributed by atoms with Gasteiger partial charge in [-0.05, 0) is 43.4 Å². The van der Waals surface area contributed by atoms with Gasteiger partial charge in [-0.15, -0.1) is 0 Å². The number of amides is 3. The summed E-state index contributed by atoms with van der Waals surface area (Å²) in [6.07, 6.45) is 3.65. The third-order valence-corrected chi connectivity index (χ3v) is 11.5. The number of hydrogen-bond donors (Lipinski definition) is 0. The van der Waals surface area contributed by atoms with Crippen LogP contribution in [0.4, 0.5) is 4.79 Å². The van der Waals surface area contributed by atoms with Gasteiger partial charge in [0.05, 0.1) is 29.6 Å². The smallest absolute Gasteiger partial charge is 0.320 e. The van der Waals surface area contributed by atoms with Crippen LogP contribution in [0.3, 0.4) is 0 Å². The molecule has 6 rings (SSSR count). The summed E-state index contributed by atoms with van der Waals surface area (Å²) in [5.74, 6) is 0.0226. The highest BCUT2D eigenvalue weighted by atomic mass is 32.2. The summed E-state index contributed by atoms with van der Waals surface area (Å²) >= 11 is 0. The van der Waals surface area contributed by atoms with Gasteiger partial charge >= 0.3 is 6.03 Å². The molecule has 3 saturated heterocycles. The van der Waals surface area contributed by atoms with Crippen LogP contribution in [0.5, 0.6) is 0 Å². The van der Waals surface area contributed by atoms with Crippen LogP contribution in [0.25, 0.3) is 0 Å². The van der Waals surface area contributed by atoms with E-state index in [4.69, 9.17) is 4.84 Å². The SMILES string of the molecule is CN1C(=O)N2CC1CC[C@H]2C1=NO[C@@H](C(=O)N2C3CC4CC[C@]3(CS2(=O)=O)C4(C)C)C1. The largest absolute Gasteiger partial charge is 0.382 e. The minimum atomic E-state index is -3.68. The third kappa shape index (κ3) is 2.32. The topological polar surface area (TPSA) is 99.6 Å². The van der Waals surface area contributed by atoms with E-state index in [1.807, 2.05) is 11.9 Å². The van der Waals surface area contributed by atoms with Crippen LogP contribution in [-0.2, 0) is 19.7 Å². The first-order valence-corrected chi connectivity index (χ1v) is 13.0. The molecule has 6 atom stereocenters. The Balaban J connectivity index is 1.22. The van der Waals surface area contributed by atoms with Crippen LogP contribution in [0.15, 0.2) is 5.16 Å². The van der Waals surface area contributed by atoms with Crippen molar-refractivity contribution in [3.8, 4) is 0 Å². The van der Waals surface area contributed by atoms with E-state index in [0.29, 0.717) is 18.2 Å². The van der Waals surface area contributed by atoms with Gasteiger partial charge < -0.3 is 14.6 Å². The first-order valence-electron chi connectivity index (χ1n) is 11.4. The second-order valence-electron chi connectivity index (χ2n) is 10.9. The Hall–Kier alpha value is -1.84. The Morgan fingerprint density at radius 3 is 2.74 bits per heavy atom. The second-order valence-corrected chi connectivity index (χ2v) is 12.8. The van der Waals surface area contributed by atoms with Crippen LogP contribution in [0, 0.1) is 16.7 Å². The molecule has 2 saturated carbocycles. The van der Waals surface area contributed by atoms with Crippen molar-refractivity contribution in [3.63, 3.8) is 0 Å². The summed E-state index contributed by atoms with van der Waals surface area (Å²) < 4.78 is 27.5. The predicted octanol–water partition coefficient (Wildman–Crippen LogP) is 1.40. The van der Waals surface area contributed by atoms with E-state index in [0.717, 1.165) is 32.1 Å². The molecular formula is C21H30N4O5S. The highest BCUT2D eigenvalue weighted by Crippen LogP contribution is 2.70. The van der Waals surface area contributed by atoms with E-state index < -0.39 is 22.0 Å². The fraction of sp³-hybridized carbons (Fsp3) is 0.857. The van der Waals surface area contributed by atoms with Gasteiger partial charge in [-0.2, -0.15) is 0 Å². The summed E-state index contributed by atoms with van der Waals surface area (Å²) in [6, 6.07) is -0.223. The molecule has 0 aromatic carbocycles. The molecule has 4 bridgehead atoms. The second kappa shape index (κ2) is 5.94. The molecule has 6 aliphatic rings. The maximum atomic E-state index is 13.5. The summed E-state index contributed by atoms with van der Waals surface area (Å²) in [4.78, 5) is 35.1. The zero-order chi connectivity index (χ0) is 21.9. The fourth-order valence-electron chi connectivity index (χ4n) is 7.63. The third-order valence-electron chi connectivity index (χ3n) is 9.63. The molecule has 3 unspecified atom stereocenters. The molecule has 10 heteroatoms. The molecule has 9 nitrogen and oxygen atoms in total. The highest BCUT2D eigenvalue weighted by Gasteiger charge is 2.72. The number of urea groups is 1. The number of likely N-dealkylation sites (N-methyl/N-ethyl adjacent to an activating group) is 1. The van der Waals surface area contributed by atoms with Crippen molar-refractivity contribution >= 4 is 27.7 Å². The van der Waals surface area contributed by atoms with E-state index in [9.17, 15) is 18.0 Å². The number of fused-ring (bicyclic) bond motifs is 3. The van der Waals surface area contributed by atoms with Gasteiger partial charge in [-0.1, -0.05) is 19.0 Å². The Bertz CT molecular complexity index is 1010. The standard InChI is InChI=1S/C21H30N4O5S/c1-20(2)12-6-7-21(20)11-31(28,29)25(17(21)8-12)18(26)16-9-14(22-30-16)15-5-4-13-10-24(15)19(27)23(13)3/h12-13,15-17H,4-11H2,1-3H3/t12?,13?,15-,16+,17?,21+/m0/s1. The maximum absolute atomic E-state index is 13.5. The summed E-state index contributed by atoms with van der Waals surface area (Å²) in [6.45, 7) is 5.00. The Morgan fingerprint density at radius 2 is 2.00 bits per heavy atom. The molecule has 0 radical (unpaired) electrons. The highest BCUT2D eigenvalue weighted by molar-refractivity contribution is 7.90. The summed E-state index contributed by atoms with van der Waals surface area (Å²) in [5, 5.41) is 4.18. The molecule has 4 heterocycles. The minimum Gasteiger partial charge on any atom is -0.382 e. The zero-order valence-corrected chi connectivity index (χ0v) is 19.1. The lowest BCUT2D eigenvalue weighted by Crippen LogP contribution is -2.49. The minimum absolute atomic E-state index is 0.0155. The summed E-state index contributed by atoms with van der Waals surface area (Å²) in [5.41, 5.74) is 0.248. The van der Waals surface area contributed by atoms with Gasteiger partial charge in [-0.3, -0.25) is 4.79 Å². The molecule has 0 aromatic heterocycles. The van der Waals surface area contributed by atoms with Crippen molar-refractivity contribution in [1.82, 2.24) is 14.1 Å². The molecule has 0 aromatic rings. The van der Waals surface area contributed by atoms with Crippen LogP contribution in [0.2, 0.25) is 0 Å². The van der Waals surface area contributed by atoms with Crippen molar-refractivity contribution in [2.45, 2.75) is 76.6 Å². The molecule has 170 valence electrons. The first kappa shape index (κ1) is 19.8. The molecule has 3 amide bonds. The van der Waals surface area contributed by atoms with Crippen molar-refractivity contribution in [1.29, 1.82) is 0 Å². The van der Waals surface area contributed by atoms with Crippen molar-refractivity contribution in [2.75, 3.05) is 19.3 Å². The van der Waals surface area contributed by atoms with Crippen molar-refractivity contribution in [3.05, 3.63) is 0 Å². The van der Waals surface area contributed by atoms with E-state index in [-0.39, 0.29) is 47.2 Å². The van der Waals surface area contributed by atoms with Gasteiger partial charge in [0.2, 0.25) is 16.1 Å². The Morgan fingerprint density at radius 1 is 1.23 bits per heavy atom. The molecule has 0 N–H and O–H groups in total. The lowest BCUT2D eigenvalue weighted by molar-refractivity contribution is -0.139. The first-order chi connectivity index (χ1) is 14.6. The molecule has 4 aliphatic heterocycles. The van der Waals surface area contributed by atoms with Crippen LogP contribution < -0.4 is 0 Å². The van der Waals surface area contributed by atoms with Crippen molar-refractivity contribution < 1.29 is 22.8 Å². The van der Waals surface area contributed by atoms with Crippen molar-refractivity contribution in [2.24, 2.45) is 21.9 Å². The Kier molecular flexibility index (Phi) is 3.79. The average molecular weight is 451 g/mol. The number of piperidine rings is 1. The van der Waals surface area contributed by atoms with Gasteiger partial charge in [0.15, 0.2) is 0 Å². The fourth-order valence-corrected chi connectivity index (χ4v) is 10.2. The normalized spacial score (nSPS) is 44.0. The van der Waals surface area contributed by atoms with E-state index in [1.54, 1.807) is 4.90 Å². The maximum Gasteiger partial charge on any atom is 0.320 e. The number of rotatable bonds is 2. The van der Waals surface area contributed by atoms with E-state index >= 15 is 0 Å². The lowest BCUT2D eigenvalue weighted by Gasteiger charge is -2.37. The molecule has 2 aliphatic carbocycles. The van der Waals surface area contributed by atoms with E-state index in [2.05, 4.69) is 19.0 Å². The quantitative estimate of drug-likeness (QED) is 0.633.